The number of nitrogens with zero attached hydrogens (tertiary/aromatic N) is 2. The fourth-order valence-electron chi connectivity index (χ4n) is 3.90. The zero-order valence-electron chi connectivity index (χ0n) is 17.0. The highest BCUT2D eigenvalue weighted by Gasteiger charge is 2.36. The molecule has 0 saturated carbocycles. The van der Waals surface area contributed by atoms with Gasteiger partial charge in [-0.05, 0) is 49.2 Å². The van der Waals surface area contributed by atoms with E-state index in [0.29, 0.717) is 17.7 Å². The molecule has 1 saturated heterocycles. The summed E-state index contributed by atoms with van der Waals surface area (Å²) in [5, 5.41) is 2.86. The molecule has 4 rings (SSSR count). The number of nitrogens with one attached hydrogen (secondary N) is 1. The fraction of sp³-hybridized carbons (Fsp3) is 0.304. The Kier molecular flexibility index (Phi) is 5.11. The van der Waals surface area contributed by atoms with Crippen LogP contribution in [0.1, 0.15) is 44.7 Å². The van der Waals surface area contributed by atoms with Crippen LogP contribution in [0.3, 0.4) is 0 Å². The molecular formula is C23H23N3O4. The van der Waals surface area contributed by atoms with Crippen LogP contribution < -0.4 is 10.2 Å². The lowest BCUT2D eigenvalue weighted by atomic mass is 10.1. The van der Waals surface area contributed by atoms with E-state index >= 15 is 0 Å². The molecule has 2 aliphatic rings. The maximum Gasteiger partial charge on any atom is 0.261 e. The molecule has 2 heterocycles. The molecule has 1 fully saturated rings. The number of carbonyl (C=O) groups excluding carboxylic acids is 4. The Morgan fingerprint density at radius 1 is 1.00 bits per heavy atom. The third-order valence-corrected chi connectivity index (χ3v) is 5.73. The largest absolute Gasteiger partial charge is 0.351 e. The molecule has 154 valence electrons. The van der Waals surface area contributed by atoms with Gasteiger partial charge < -0.3 is 10.2 Å². The van der Waals surface area contributed by atoms with Gasteiger partial charge in [0.05, 0.1) is 17.2 Å². The van der Waals surface area contributed by atoms with Gasteiger partial charge in [0.2, 0.25) is 11.8 Å². The predicted molar refractivity (Wildman–Crippen MR) is 111 cm³/mol. The van der Waals surface area contributed by atoms with Crippen molar-refractivity contribution in [3.63, 3.8) is 0 Å². The van der Waals surface area contributed by atoms with Crippen molar-refractivity contribution in [3.8, 4) is 0 Å². The molecule has 7 nitrogen and oxygen atoms in total. The average Bonchev–Trinajstić information content (AvgIpc) is 3.20. The molecule has 0 aliphatic carbocycles. The second kappa shape index (κ2) is 7.74. The standard InChI is InChI=1S/C23H23N3O4/c1-14-7-8-17(11-15(14)2)26-13-16(12-21(26)28)24-20(27)9-10-25-22(29)18-5-3-4-6-19(18)23(25)30/h3-8,11,16H,9-10,12-13H2,1-2H3,(H,24,27). The van der Waals surface area contributed by atoms with Crippen molar-refractivity contribution in [2.24, 2.45) is 0 Å². The first-order valence-corrected chi connectivity index (χ1v) is 9.97. The highest BCUT2D eigenvalue weighted by atomic mass is 16.2. The number of benzene rings is 2. The minimum atomic E-state index is -0.375. The van der Waals surface area contributed by atoms with E-state index in [-0.39, 0.29) is 49.1 Å². The van der Waals surface area contributed by atoms with Crippen LogP contribution in [-0.2, 0) is 9.59 Å². The Balaban J connectivity index is 1.33. The summed E-state index contributed by atoms with van der Waals surface area (Å²) in [4.78, 5) is 52.4. The number of amides is 4. The predicted octanol–water partition coefficient (Wildman–Crippen LogP) is 2.21. The molecule has 1 unspecified atom stereocenters. The molecule has 2 aromatic rings. The summed E-state index contributed by atoms with van der Waals surface area (Å²) in [5.74, 6) is -1.07. The minimum absolute atomic E-state index is 0.000200. The quantitative estimate of drug-likeness (QED) is 0.773. The van der Waals surface area contributed by atoms with Crippen LogP contribution in [0.2, 0.25) is 0 Å². The van der Waals surface area contributed by atoms with Crippen molar-refractivity contribution < 1.29 is 19.2 Å². The van der Waals surface area contributed by atoms with Gasteiger partial charge in [0.25, 0.3) is 11.8 Å². The fourth-order valence-corrected chi connectivity index (χ4v) is 3.90. The van der Waals surface area contributed by atoms with Crippen LogP contribution >= 0.6 is 0 Å². The van der Waals surface area contributed by atoms with E-state index < -0.39 is 0 Å². The van der Waals surface area contributed by atoms with Crippen LogP contribution in [0.5, 0.6) is 0 Å². The molecule has 30 heavy (non-hydrogen) atoms. The second-order valence-electron chi connectivity index (χ2n) is 7.80. The summed E-state index contributed by atoms with van der Waals surface area (Å²) in [6.07, 6.45) is 0.228. The van der Waals surface area contributed by atoms with E-state index in [1.807, 2.05) is 32.0 Å². The zero-order chi connectivity index (χ0) is 21.4. The summed E-state index contributed by atoms with van der Waals surface area (Å²) >= 11 is 0. The third-order valence-electron chi connectivity index (χ3n) is 5.73. The van der Waals surface area contributed by atoms with Gasteiger partial charge in [0.1, 0.15) is 0 Å². The Labute approximate surface area is 174 Å². The normalized spacial score (nSPS) is 18.2. The molecule has 1 N–H and O–H groups in total. The molecule has 0 radical (unpaired) electrons. The third kappa shape index (κ3) is 3.58. The van der Waals surface area contributed by atoms with Crippen LogP contribution in [0.15, 0.2) is 42.5 Å². The number of hydrogen-bond acceptors (Lipinski definition) is 4. The van der Waals surface area contributed by atoms with Gasteiger partial charge in [0.15, 0.2) is 0 Å². The van der Waals surface area contributed by atoms with E-state index in [0.717, 1.165) is 21.7 Å². The minimum Gasteiger partial charge on any atom is -0.351 e. The molecule has 0 bridgehead atoms. The molecule has 2 aliphatic heterocycles. The Morgan fingerprint density at radius 3 is 2.30 bits per heavy atom. The monoisotopic (exact) mass is 405 g/mol. The van der Waals surface area contributed by atoms with Gasteiger partial charge in [-0.2, -0.15) is 0 Å². The molecule has 1 atom stereocenters. The van der Waals surface area contributed by atoms with E-state index in [2.05, 4.69) is 5.32 Å². The van der Waals surface area contributed by atoms with E-state index in [1.165, 1.54) is 0 Å². The van der Waals surface area contributed by atoms with Crippen molar-refractivity contribution in [1.82, 2.24) is 10.2 Å². The Bertz CT molecular complexity index is 1030. The Morgan fingerprint density at radius 2 is 1.67 bits per heavy atom. The summed E-state index contributed by atoms with van der Waals surface area (Å²) in [6.45, 7) is 4.43. The van der Waals surface area contributed by atoms with Crippen LogP contribution in [0, 0.1) is 13.8 Å². The number of imide groups is 1. The summed E-state index contributed by atoms with van der Waals surface area (Å²) in [6, 6.07) is 12.2. The first-order chi connectivity index (χ1) is 14.3. The second-order valence-corrected chi connectivity index (χ2v) is 7.80. The number of anilines is 1. The maximum atomic E-state index is 12.4. The van der Waals surface area contributed by atoms with Crippen molar-refractivity contribution in [3.05, 3.63) is 64.7 Å². The molecule has 7 heteroatoms. The number of fused-ring (bicyclic) bond motifs is 1. The highest BCUT2D eigenvalue weighted by molar-refractivity contribution is 6.21. The van der Waals surface area contributed by atoms with Crippen molar-refractivity contribution in [1.29, 1.82) is 0 Å². The first kappa shape index (κ1) is 19.8. The summed E-state index contributed by atoms with van der Waals surface area (Å²) in [5.41, 5.74) is 3.82. The van der Waals surface area contributed by atoms with Gasteiger partial charge in [-0.15, -0.1) is 0 Å². The number of rotatable bonds is 5. The summed E-state index contributed by atoms with van der Waals surface area (Å²) < 4.78 is 0. The SMILES string of the molecule is Cc1ccc(N2CC(NC(=O)CCN3C(=O)c4ccccc4C3=O)CC2=O)cc1C. The van der Waals surface area contributed by atoms with Crippen molar-refractivity contribution in [2.75, 3.05) is 18.0 Å². The van der Waals surface area contributed by atoms with E-state index in [1.54, 1.807) is 29.2 Å². The topological polar surface area (TPSA) is 86.8 Å². The first-order valence-electron chi connectivity index (χ1n) is 9.97. The van der Waals surface area contributed by atoms with Gasteiger partial charge >= 0.3 is 0 Å². The average molecular weight is 405 g/mol. The lowest BCUT2D eigenvalue weighted by Gasteiger charge is -2.19. The molecular weight excluding hydrogens is 382 g/mol. The van der Waals surface area contributed by atoms with Crippen molar-refractivity contribution in [2.45, 2.75) is 32.7 Å². The molecule has 0 aromatic heterocycles. The Hall–Kier alpha value is -3.48. The maximum absolute atomic E-state index is 12.4. The van der Waals surface area contributed by atoms with Crippen LogP contribution in [0.4, 0.5) is 5.69 Å². The number of carbonyl (C=O) groups is 4. The lowest BCUT2D eigenvalue weighted by Crippen LogP contribution is -2.40. The number of hydrogen-bond donors (Lipinski definition) is 1. The zero-order valence-corrected chi connectivity index (χ0v) is 17.0. The van der Waals surface area contributed by atoms with E-state index in [9.17, 15) is 19.2 Å². The molecule has 2 aromatic carbocycles. The highest BCUT2D eigenvalue weighted by Crippen LogP contribution is 2.25. The molecule has 4 amide bonds. The van der Waals surface area contributed by atoms with Crippen molar-refractivity contribution >= 4 is 29.3 Å². The van der Waals surface area contributed by atoms with Crippen LogP contribution in [0.25, 0.3) is 0 Å². The molecule has 0 spiro atoms. The van der Waals surface area contributed by atoms with Gasteiger partial charge in [-0.3, -0.25) is 24.1 Å². The summed E-state index contributed by atoms with van der Waals surface area (Å²) in [7, 11) is 0. The van der Waals surface area contributed by atoms with Gasteiger partial charge in [-0.1, -0.05) is 18.2 Å². The number of aryl methyl sites for hydroxylation is 2. The smallest absolute Gasteiger partial charge is 0.261 e. The van der Waals surface area contributed by atoms with Gasteiger partial charge in [0, 0.05) is 31.6 Å². The lowest BCUT2D eigenvalue weighted by molar-refractivity contribution is -0.121. The van der Waals surface area contributed by atoms with E-state index in [4.69, 9.17) is 0 Å². The van der Waals surface area contributed by atoms with Gasteiger partial charge in [-0.25, -0.2) is 0 Å². The van der Waals surface area contributed by atoms with Crippen LogP contribution in [-0.4, -0.2) is 47.7 Å².